The van der Waals surface area contributed by atoms with Crippen LogP contribution in [-0.2, 0) is 13.1 Å². The lowest BCUT2D eigenvalue weighted by Crippen LogP contribution is -2.41. The van der Waals surface area contributed by atoms with Gasteiger partial charge in [-0.05, 0) is 18.3 Å². The molecule has 2 heterocycles. The second-order valence-electron chi connectivity index (χ2n) is 5.59. The maximum absolute atomic E-state index is 4.44. The first-order valence-electron chi connectivity index (χ1n) is 6.60. The molecule has 1 aliphatic heterocycles. The monoisotopic (exact) mass is 297 g/mol. The molecule has 4 heteroatoms. The summed E-state index contributed by atoms with van der Waals surface area (Å²) in [5, 5.41) is 1.16. The number of aromatic nitrogens is 2. The number of halogens is 1. The highest BCUT2D eigenvalue weighted by Crippen LogP contribution is 2.40. The molecule has 1 aromatic heterocycles. The number of imidazole rings is 1. The van der Waals surface area contributed by atoms with Crippen molar-refractivity contribution >= 4 is 15.9 Å². The van der Waals surface area contributed by atoms with E-state index in [4.69, 9.17) is 0 Å². The van der Waals surface area contributed by atoms with Crippen LogP contribution in [0.3, 0.4) is 0 Å². The van der Waals surface area contributed by atoms with Crippen molar-refractivity contribution in [2.75, 3.05) is 18.4 Å². The van der Waals surface area contributed by atoms with Gasteiger partial charge in [-0.25, -0.2) is 4.98 Å². The summed E-state index contributed by atoms with van der Waals surface area (Å²) >= 11 is 3.74. The van der Waals surface area contributed by atoms with Gasteiger partial charge in [0.1, 0.15) is 5.82 Å². The van der Waals surface area contributed by atoms with Crippen LogP contribution in [0.5, 0.6) is 0 Å². The fourth-order valence-electron chi connectivity index (χ4n) is 3.29. The van der Waals surface area contributed by atoms with Crippen molar-refractivity contribution in [2.45, 2.75) is 38.8 Å². The van der Waals surface area contributed by atoms with E-state index in [-0.39, 0.29) is 0 Å². The van der Waals surface area contributed by atoms with Crippen molar-refractivity contribution in [3.63, 3.8) is 0 Å². The summed E-state index contributed by atoms with van der Waals surface area (Å²) in [6.07, 6.45) is 9.63. The van der Waals surface area contributed by atoms with Crippen molar-refractivity contribution in [1.29, 1.82) is 0 Å². The number of alkyl halides is 1. The standard InChI is InChI=1S/C13H20BrN3/c14-10-13(3-1-2-4-13)11-16-7-8-17-6-5-15-12(17)9-16/h5-6H,1-4,7-11H2. The second kappa shape index (κ2) is 4.73. The van der Waals surface area contributed by atoms with Crippen LogP contribution in [-0.4, -0.2) is 32.9 Å². The number of hydrogen-bond donors (Lipinski definition) is 0. The van der Waals surface area contributed by atoms with Crippen molar-refractivity contribution in [2.24, 2.45) is 5.41 Å². The highest BCUT2D eigenvalue weighted by atomic mass is 79.9. The molecular formula is C13H20BrN3. The van der Waals surface area contributed by atoms with Crippen LogP contribution in [0.25, 0.3) is 0 Å². The topological polar surface area (TPSA) is 21.1 Å². The van der Waals surface area contributed by atoms with E-state index >= 15 is 0 Å². The van der Waals surface area contributed by atoms with E-state index in [0.29, 0.717) is 5.41 Å². The molecule has 0 unspecified atom stereocenters. The lowest BCUT2D eigenvalue weighted by Gasteiger charge is -2.36. The van der Waals surface area contributed by atoms with E-state index in [0.717, 1.165) is 18.4 Å². The molecule has 1 aliphatic carbocycles. The number of nitrogens with zero attached hydrogens (tertiary/aromatic N) is 3. The van der Waals surface area contributed by atoms with Crippen LogP contribution in [0.2, 0.25) is 0 Å². The largest absolute Gasteiger partial charge is 0.333 e. The molecule has 3 rings (SSSR count). The van der Waals surface area contributed by atoms with Crippen LogP contribution < -0.4 is 0 Å². The van der Waals surface area contributed by atoms with Crippen molar-refractivity contribution in [3.8, 4) is 0 Å². The average Bonchev–Trinajstić information content (AvgIpc) is 2.97. The van der Waals surface area contributed by atoms with E-state index in [9.17, 15) is 0 Å². The van der Waals surface area contributed by atoms with Crippen LogP contribution in [0.1, 0.15) is 31.5 Å². The maximum atomic E-state index is 4.44. The molecule has 0 spiro atoms. The predicted octanol–water partition coefficient (Wildman–Crippen LogP) is 2.65. The summed E-state index contributed by atoms with van der Waals surface area (Å²) in [5.41, 5.74) is 0.536. The lowest BCUT2D eigenvalue weighted by atomic mass is 9.88. The smallest absolute Gasteiger partial charge is 0.122 e. The van der Waals surface area contributed by atoms with Gasteiger partial charge in [0.15, 0.2) is 0 Å². The Morgan fingerprint density at radius 3 is 2.88 bits per heavy atom. The van der Waals surface area contributed by atoms with Gasteiger partial charge in [-0.15, -0.1) is 0 Å². The molecule has 0 bridgehead atoms. The van der Waals surface area contributed by atoms with Gasteiger partial charge in [-0.1, -0.05) is 28.8 Å². The van der Waals surface area contributed by atoms with Crippen molar-refractivity contribution in [1.82, 2.24) is 14.5 Å². The molecular weight excluding hydrogens is 278 g/mol. The predicted molar refractivity (Wildman–Crippen MR) is 72.2 cm³/mol. The second-order valence-corrected chi connectivity index (χ2v) is 6.15. The van der Waals surface area contributed by atoms with Crippen LogP contribution >= 0.6 is 15.9 Å². The molecule has 94 valence electrons. The minimum Gasteiger partial charge on any atom is -0.333 e. The zero-order valence-electron chi connectivity index (χ0n) is 10.2. The molecule has 0 atom stereocenters. The average molecular weight is 298 g/mol. The van der Waals surface area contributed by atoms with Gasteiger partial charge < -0.3 is 4.57 Å². The van der Waals surface area contributed by atoms with Gasteiger partial charge in [-0.3, -0.25) is 4.90 Å². The number of fused-ring (bicyclic) bond motifs is 1. The Morgan fingerprint density at radius 2 is 2.12 bits per heavy atom. The lowest BCUT2D eigenvalue weighted by molar-refractivity contribution is 0.140. The van der Waals surface area contributed by atoms with E-state index in [1.807, 2.05) is 6.20 Å². The first kappa shape index (κ1) is 11.7. The van der Waals surface area contributed by atoms with Crippen LogP contribution in [0, 0.1) is 5.41 Å². The fourth-order valence-corrected chi connectivity index (χ4v) is 4.03. The minimum atomic E-state index is 0.536. The zero-order chi connectivity index (χ0) is 11.7. The highest BCUT2D eigenvalue weighted by Gasteiger charge is 2.35. The van der Waals surface area contributed by atoms with Crippen LogP contribution in [0.4, 0.5) is 0 Å². The molecule has 1 fully saturated rings. The zero-order valence-corrected chi connectivity index (χ0v) is 11.8. The van der Waals surface area contributed by atoms with Gasteiger partial charge in [0, 0.05) is 37.4 Å². The quantitative estimate of drug-likeness (QED) is 0.800. The molecule has 1 aromatic rings. The summed E-state index contributed by atoms with van der Waals surface area (Å²) in [5.74, 6) is 1.24. The van der Waals surface area contributed by atoms with Gasteiger partial charge in [0.2, 0.25) is 0 Å². The highest BCUT2D eigenvalue weighted by molar-refractivity contribution is 9.09. The Kier molecular flexibility index (Phi) is 3.26. The molecule has 0 aromatic carbocycles. The van der Waals surface area contributed by atoms with E-state index in [1.54, 1.807) is 0 Å². The Labute approximate surface area is 111 Å². The molecule has 0 radical (unpaired) electrons. The normalized spacial score (nSPS) is 23.8. The molecule has 0 N–H and O–H groups in total. The Morgan fingerprint density at radius 1 is 1.29 bits per heavy atom. The third-order valence-electron chi connectivity index (χ3n) is 4.33. The number of hydrogen-bond acceptors (Lipinski definition) is 2. The minimum absolute atomic E-state index is 0.536. The summed E-state index contributed by atoms with van der Waals surface area (Å²) in [6, 6.07) is 0. The summed E-state index contributed by atoms with van der Waals surface area (Å²) in [6.45, 7) is 4.55. The summed E-state index contributed by atoms with van der Waals surface area (Å²) in [4.78, 5) is 7.03. The number of rotatable bonds is 3. The molecule has 1 saturated carbocycles. The van der Waals surface area contributed by atoms with Crippen molar-refractivity contribution in [3.05, 3.63) is 18.2 Å². The van der Waals surface area contributed by atoms with Gasteiger partial charge in [0.05, 0.1) is 6.54 Å². The maximum Gasteiger partial charge on any atom is 0.122 e. The van der Waals surface area contributed by atoms with Gasteiger partial charge in [0.25, 0.3) is 0 Å². The first-order valence-corrected chi connectivity index (χ1v) is 7.72. The van der Waals surface area contributed by atoms with Gasteiger partial charge >= 0.3 is 0 Å². The molecule has 17 heavy (non-hydrogen) atoms. The molecule has 2 aliphatic rings. The molecule has 0 saturated heterocycles. The fraction of sp³-hybridized carbons (Fsp3) is 0.769. The van der Waals surface area contributed by atoms with E-state index < -0.39 is 0 Å². The SMILES string of the molecule is BrCC1(CN2CCn3ccnc3C2)CCCC1. The Bertz CT molecular complexity index is 382. The van der Waals surface area contributed by atoms with Gasteiger partial charge in [-0.2, -0.15) is 0 Å². The van der Waals surface area contributed by atoms with E-state index in [1.165, 1.54) is 44.6 Å². The third kappa shape index (κ3) is 2.29. The summed E-state index contributed by atoms with van der Waals surface area (Å²) < 4.78 is 2.28. The van der Waals surface area contributed by atoms with Crippen molar-refractivity contribution < 1.29 is 0 Å². The Balaban J connectivity index is 1.67. The Hall–Kier alpha value is -0.350. The molecule has 3 nitrogen and oxygen atoms in total. The first-order chi connectivity index (χ1) is 8.31. The van der Waals surface area contributed by atoms with Crippen LogP contribution in [0.15, 0.2) is 12.4 Å². The third-order valence-corrected chi connectivity index (χ3v) is 5.52. The molecule has 0 amide bonds. The summed E-state index contributed by atoms with van der Waals surface area (Å²) in [7, 11) is 0. The van der Waals surface area contributed by atoms with E-state index in [2.05, 4.69) is 36.6 Å².